The van der Waals surface area contributed by atoms with Crippen molar-refractivity contribution in [3.63, 3.8) is 0 Å². The summed E-state index contributed by atoms with van der Waals surface area (Å²) in [4.78, 5) is 0. The highest BCUT2D eigenvalue weighted by Gasteiger charge is 2.18. The van der Waals surface area contributed by atoms with Crippen LogP contribution in [-0.4, -0.2) is 30.0 Å². The monoisotopic (exact) mass is 225 g/mol. The molecule has 0 spiro atoms. The van der Waals surface area contributed by atoms with Crippen LogP contribution in [0.5, 0.6) is 17.2 Å². The minimum Gasteiger partial charge on any atom is -0.507 e. The molecule has 0 fully saturated rings. The molecular weight excluding hydrogens is 210 g/mol. The summed E-state index contributed by atoms with van der Waals surface area (Å²) in [6.07, 6.45) is -0.0957. The Kier molecular flexibility index (Phi) is 3.17. The van der Waals surface area contributed by atoms with E-state index in [1.54, 1.807) is 6.07 Å². The first kappa shape index (κ1) is 11.0. The summed E-state index contributed by atoms with van der Waals surface area (Å²) in [7, 11) is 0. The van der Waals surface area contributed by atoms with Crippen molar-refractivity contribution in [2.24, 2.45) is 5.73 Å². The van der Waals surface area contributed by atoms with Crippen LogP contribution in [0.4, 0.5) is 0 Å². The number of aromatic hydroxyl groups is 1. The fourth-order valence-corrected chi connectivity index (χ4v) is 1.61. The maximum absolute atomic E-state index is 9.71. The Labute approximate surface area is 93.4 Å². The van der Waals surface area contributed by atoms with Crippen LogP contribution in [0.1, 0.15) is 18.1 Å². The van der Waals surface area contributed by atoms with Gasteiger partial charge in [0.2, 0.25) is 0 Å². The normalized spacial score (nSPS) is 16.6. The van der Waals surface area contributed by atoms with Gasteiger partial charge in [-0.15, -0.1) is 0 Å². The number of aliphatic hydroxyl groups excluding tert-OH is 1. The Morgan fingerprint density at radius 2 is 1.88 bits per heavy atom. The molecule has 0 saturated heterocycles. The van der Waals surface area contributed by atoms with Crippen molar-refractivity contribution in [2.45, 2.75) is 12.5 Å². The fraction of sp³-hybridized carbons (Fsp3) is 0.455. The molecule has 0 amide bonds. The fourth-order valence-electron chi connectivity index (χ4n) is 1.61. The summed E-state index contributed by atoms with van der Waals surface area (Å²) in [6, 6.07) is 3.03. The van der Waals surface area contributed by atoms with Crippen LogP contribution in [0.25, 0.3) is 0 Å². The lowest BCUT2D eigenvalue weighted by molar-refractivity contribution is 0.182. The third kappa shape index (κ3) is 2.05. The SMILES string of the molecule is NCC(O)c1cc2c(cc1O)OCCCO2. The number of nitrogens with two attached hydrogens (primary N) is 1. The van der Waals surface area contributed by atoms with Crippen LogP contribution < -0.4 is 15.2 Å². The van der Waals surface area contributed by atoms with Crippen molar-refractivity contribution in [3.05, 3.63) is 17.7 Å². The van der Waals surface area contributed by atoms with Gasteiger partial charge in [0.05, 0.1) is 19.3 Å². The third-order valence-electron chi connectivity index (χ3n) is 2.48. The molecule has 88 valence electrons. The van der Waals surface area contributed by atoms with E-state index >= 15 is 0 Å². The highest BCUT2D eigenvalue weighted by Crippen LogP contribution is 2.38. The van der Waals surface area contributed by atoms with Gasteiger partial charge in [-0.3, -0.25) is 0 Å². The summed E-state index contributed by atoms with van der Waals surface area (Å²) in [5, 5.41) is 19.3. The minimum atomic E-state index is -0.892. The zero-order valence-corrected chi connectivity index (χ0v) is 8.85. The predicted molar refractivity (Wildman–Crippen MR) is 57.7 cm³/mol. The van der Waals surface area contributed by atoms with E-state index in [1.165, 1.54) is 6.07 Å². The molecule has 0 aromatic heterocycles. The van der Waals surface area contributed by atoms with Crippen molar-refractivity contribution < 1.29 is 19.7 Å². The van der Waals surface area contributed by atoms with E-state index in [2.05, 4.69) is 0 Å². The van der Waals surface area contributed by atoms with Crippen molar-refractivity contribution in [1.29, 1.82) is 0 Å². The maximum atomic E-state index is 9.71. The Balaban J connectivity index is 2.38. The molecule has 4 N–H and O–H groups in total. The van der Waals surface area contributed by atoms with E-state index in [4.69, 9.17) is 15.2 Å². The summed E-state index contributed by atoms with van der Waals surface area (Å²) in [5.74, 6) is 1.02. The highest BCUT2D eigenvalue weighted by atomic mass is 16.5. The molecule has 1 aromatic carbocycles. The van der Waals surface area contributed by atoms with Gasteiger partial charge in [0.15, 0.2) is 11.5 Å². The summed E-state index contributed by atoms with van der Waals surface area (Å²) < 4.78 is 10.9. The van der Waals surface area contributed by atoms with E-state index < -0.39 is 6.10 Å². The number of phenols is 1. The molecule has 0 radical (unpaired) electrons. The van der Waals surface area contributed by atoms with Crippen molar-refractivity contribution in [2.75, 3.05) is 19.8 Å². The van der Waals surface area contributed by atoms with Gasteiger partial charge in [0, 0.05) is 24.6 Å². The molecule has 16 heavy (non-hydrogen) atoms. The number of phenolic OH excluding ortho intramolecular Hbond substituents is 1. The third-order valence-corrected chi connectivity index (χ3v) is 2.48. The first-order chi connectivity index (χ1) is 7.72. The lowest BCUT2D eigenvalue weighted by Crippen LogP contribution is -2.11. The molecule has 1 atom stereocenters. The molecule has 1 aromatic rings. The number of ether oxygens (including phenoxy) is 2. The first-order valence-electron chi connectivity index (χ1n) is 5.23. The maximum Gasteiger partial charge on any atom is 0.164 e. The Morgan fingerprint density at radius 3 is 2.50 bits per heavy atom. The number of rotatable bonds is 2. The molecule has 5 heteroatoms. The van der Waals surface area contributed by atoms with Gasteiger partial charge in [-0.1, -0.05) is 0 Å². The quantitative estimate of drug-likeness (QED) is 0.684. The second-order valence-electron chi connectivity index (χ2n) is 3.66. The number of aliphatic hydroxyl groups is 1. The Morgan fingerprint density at radius 1 is 1.25 bits per heavy atom. The van der Waals surface area contributed by atoms with Crippen molar-refractivity contribution >= 4 is 0 Å². The lowest BCUT2D eigenvalue weighted by Gasteiger charge is -2.14. The zero-order valence-electron chi connectivity index (χ0n) is 8.85. The molecule has 1 heterocycles. The van der Waals surface area contributed by atoms with Crippen LogP contribution >= 0.6 is 0 Å². The summed E-state index contributed by atoms with van der Waals surface area (Å²) >= 11 is 0. The van der Waals surface area contributed by atoms with E-state index in [9.17, 15) is 10.2 Å². The Bertz CT molecular complexity index is 380. The molecule has 1 aliphatic rings. The van der Waals surface area contributed by atoms with Crippen LogP contribution in [0, 0.1) is 0 Å². The zero-order chi connectivity index (χ0) is 11.5. The van der Waals surface area contributed by atoms with Gasteiger partial charge >= 0.3 is 0 Å². The van der Waals surface area contributed by atoms with Crippen molar-refractivity contribution in [1.82, 2.24) is 0 Å². The molecule has 0 aliphatic carbocycles. The smallest absolute Gasteiger partial charge is 0.164 e. The molecule has 2 rings (SSSR count). The molecule has 5 nitrogen and oxygen atoms in total. The molecular formula is C11H15NO4. The predicted octanol–water partition coefficient (Wildman–Crippen LogP) is 0.546. The molecule has 1 aliphatic heterocycles. The molecule has 0 saturated carbocycles. The largest absolute Gasteiger partial charge is 0.507 e. The van der Waals surface area contributed by atoms with Crippen LogP contribution in [0.3, 0.4) is 0 Å². The topological polar surface area (TPSA) is 84.9 Å². The van der Waals surface area contributed by atoms with Crippen molar-refractivity contribution in [3.8, 4) is 17.2 Å². The van der Waals surface area contributed by atoms with Crippen LogP contribution in [-0.2, 0) is 0 Å². The number of hydrogen-bond acceptors (Lipinski definition) is 5. The van der Waals surface area contributed by atoms with Gasteiger partial charge in [0.1, 0.15) is 5.75 Å². The standard InChI is InChI=1S/C11H15NO4/c12-6-9(14)7-4-10-11(5-8(7)13)16-3-1-2-15-10/h4-5,9,13-14H,1-3,6,12H2. The average Bonchev–Trinajstić information content (AvgIpc) is 2.51. The lowest BCUT2D eigenvalue weighted by atomic mass is 10.1. The molecule has 0 bridgehead atoms. The number of fused-ring (bicyclic) bond motifs is 1. The van der Waals surface area contributed by atoms with Gasteiger partial charge in [-0.2, -0.15) is 0 Å². The van der Waals surface area contributed by atoms with E-state index in [-0.39, 0.29) is 12.3 Å². The highest BCUT2D eigenvalue weighted by molar-refractivity contribution is 5.51. The number of hydrogen-bond donors (Lipinski definition) is 3. The average molecular weight is 225 g/mol. The molecule has 1 unspecified atom stereocenters. The van der Waals surface area contributed by atoms with Gasteiger partial charge < -0.3 is 25.4 Å². The number of benzene rings is 1. The summed E-state index contributed by atoms with van der Waals surface area (Å²) in [5.41, 5.74) is 5.71. The van der Waals surface area contributed by atoms with Gasteiger partial charge in [0.25, 0.3) is 0 Å². The Hall–Kier alpha value is -1.46. The van der Waals surface area contributed by atoms with Crippen LogP contribution in [0.2, 0.25) is 0 Å². The second kappa shape index (κ2) is 4.59. The minimum absolute atomic E-state index is 0.0257. The van der Waals surface area contributed by atoms with Gasteiger partial charge in [-0.05, 0) is 6.07 Å². The van der Waals surface area contributed by atoms with E-state index in [0.717, 1.165) is 6.42 Å². The van der Waals surface area contributed by atoms with E-state index in [1.807, 2.05) is 0 Å². The van der Waals surface area contributed by atoms with E-state index in [0.29, 0.717) is 30.3 Å². The first-order valence-corrected chi connectivity index (χ1v) is 5.23. The van der Waals surface area contributed by atoms with Crippen LogP contribution in [0.15, 0.2) is 12.1 Å². The second-order valence-corrected chi connectivity index (χ2v) is 3.66. The van der Waals surface area contributed by atoms with Gasteiger partial charge in [-0.25, -0.2) is 0 Å². The summed E-state index contributed by atoms with van der Waals surface area (Å²) in [6.45, 7) is 1.17.